The van der Waals surface area contributed by atoms with Crippen molar-refractivity contribution in [1.82, 2.24) is 15.2 Å². The molecule has 148 valence electrons. The third kappa shape index (κ3) is 6.33. The smallest absolute Gasteiger partial charge is 0.253 e. The highest BCUT2D eigenvalue weighted by Crippen LogP contribution is 2.15. The van der Waals surface area contributed by atoms with Crippen LogP contribution in [-0.2, 0) is 13.0 Å². The Labute approximate surface area is 167 Å². The Balaban J connectivity index is 2.24. The average molecular weight is 390 g/mol. The van der Waals surface area contributed by atoms with E-state index in [1.54, 1.807) is 0 Å². The second-order valence-electron chi connectivity index (χ2n) is 7.36. The van der Waals surface area contributed by atoms with E-state index in [1.165, 1.54) is 10.5 Å². The van der Waals surface area contributed by atoms with Crippen LogP contribution in [0.25, 0.3) is 10.9 Å². The van der Waals surface area contributed by atoms with Crippen LogP contribution in [0.2, 0.25) is 0 Å². The summed E-state index contributed by atoms with van der Waals surface area (Å²) in [4.78, 5) is 19.1. The molecule has 0 radical (unpaired) electrons. The van der Waals surface area contributed by atoms with Gasteiger partial charge in [0, 0.05) is 17.6 Å². The molecule has 0 atom stereocenters. The van der Waals surface area contributed by atoms with Crippen LogP contribution in [0.1, 0.15) is 37.8 Å². The number of nitrogens with zero attached hydrogens (tertiary/aromatic N) is 1. The number of quaternary nitrogens is 1. The maximum absolute atomic E-state index is 12.6. The molecule has 6 heteroatoms. The lowest BCUT2D eigenvalue weighted by Gasteiger charge is -2.26. The number of hydrogen-bond acceptors (Lipinski definition) is 2. The number of likely N-dealkylation sites (N-methyl/N-ethyl adjacent to an activating group) is 1. The second-order valence-corrected chi connectivity index (χ2v) is 7.75. The van der Waals surface area contributed by atoms with Crippen molar-refractivity contribution in [2.45, 2.75) is 39.7 Å². The molecule has 0 spiro atoms. The van der Waals surface area contributed by atoms with Gasteiger partial charge in [0.05, 0.1) is 33.7 Å². The Morgan fingerprint density at radius 3 is 2.70 bits per heavy atom. The van der Waals surface area contributed by atoms with E-state index in [1.807, 2.05) is 12.1 Å². The molecule has 1 aromatic heterocycles. The van der Waals surface area contributed by atoms with Gasteiger partial charge in [-0.3, -0.25) is 4.79 Å². The molecule has 0 fully saturated rings. The quantitative estimate of drug-likeness (QED) is 0.451. The van der Waals surface area contributed by atoms with Gasteiger partial charge in [0.25, 0.3) is 5.56 Å². The number of pyridine rings is 1. The van der Waals surface area contributed by atoms with Gasteiger partial charge in [0.15, 0.2) is 5.11 Å². The van der Waals surface area contributed by atoms with Crippen LogP contribution in [0.3, 0.4) is 0 Å². The van der Waals surface area contributed by atoms with E-state index >= 15 is 0 Å². The minimum absolute atomic E-state index is 0.0368. The molecule has 1 heterocycles. The van der Waals surface area contributed by atoms with Crippen molar-refractivity contribution in [2.75, 3.05) is 33.7 Å². The van der Waals surface area contributed by atoms with Crippen molar-refractivity contribution in [3.63, 3.8) is 0 Å². The molecule has 0 saturated carbocycles. The third-order valence-electron chi connectivity index (χ3n) is 4.73. The molecular formula is C21H33N4OS+. The largest absolute Gasteiger partial charge is 0.363 e. The zero-order valence-electron chi connectivity index (χ0n) is 17.0. The van der Waals surface area contributed by atoms with Gasteiger partial charge < -0.3 is 20.1 Å². The molecule has 27 heavy (non-hydrogen) atoms. The minimum Gasteiger partial charge on any atom is -0.363 e. The first-order valence-electron chi connectivity index (χ1n) is 9.91. The van der Waals surface area contributed by atoms with Crippen LogP contribution >= 0.6 is 12.2 Å². The van der Waals surface area contributed by atoms with Crippen LogP contribution in [0, 0.1) is 0 Å². The number of aromatic nitrogens is 1. The summed E-state index contributed by atoms with van der Waals surface area (Å²) in [5.41, 5.74) is 2.87. The van der Waals surface area contributed by atoms with Crippen molar-refractivity contribution < 1.29 is 4.90 Å². The van der Waals surface area contributed by atoms with Gasteiger partial charge in [0.2, 0.25) is 0 Å². The van der Waals surface area contributed by atoms with Crippen molar-refractivity contribution in [2.24, 2.45) is 0 Å². The highest BCUT2D eigenvalue weighted by atomic mass is 32.1. The summed E-state index contributed by atoms with van der Waals surface area (Å²) in [6, 6.07) is 8.22. The standard InChI is InChI=1S/C21H32N4OS/c1-5-7-10-22-21(27)25(12-11-24(3)4)15-18-14-17-13-16(6-2)8-9-19(17)23-20(18)26/h8-9,13-14H,5-7,10-12,15H2,1-4H3,(H,22,27)(H,23,26)/p+1. The molecule has 0 aliphatic rings. The number of unbranched alkanes of at least 4 members (excludes halogenated alkanes) is 1. The molecular weight excluding hydrogens is 356 g/mol. The molecule has 0 aliphatic heterocycles. The summed E-state index contributed by atoms with van der Waals surface area (Å²) >= 11 is 5.61. The lowest BCUT2D eigenvalue weighted by Crippen LogP contribution is -3.06. The molecule has 0 amide bonds. The lowest BCUT2D eigenvalue weighted by atomic mass is 10.1. The Morgan fingerprint density at radius 2 is 2.04 bits per heavy atom. The average Bonchev–Trinajstić information content (AvgIpc) is 2.64. The van der Waals surface area contributed by atoms with Crippen molar-refractivity contribution >= 4 is 28.2 Å². The molecule has 0 aliphatic carbocycles. The van der Waals surface area contributed by atoms with Crippen LogP contribution in [0.4, 0.5) is 0 Å². The number of aromatic amines is 1. The number of aryl methyl sites for hydroxylation is 1. The first kappa shape index (κ1) is 21.4. The Hall–Kier alpha value is -1.92. The summed E-state index contributed by atoms with van der Waals surface area (Å²) in [7, 11) is 4.25. The molecule has 0 bridgehead atoms. The van der Waals surface area contributed by atoms with Crippen molar-refractivity contribution in [3.8, 4) is 0 Å². The van der Waals surface area contributed by atoms with E-state index < -0.39 is 0 Å². The summed E-state index contributed by atoms with van der Waals surface area (Å²) in [6.07, 6.45) is 3.19. The van der Waals surface area contributed by atoms with E-state index in [2.05, 4.69) is 55.3 Å². The SMILES string of the molecule is CCCCNC(=S)N(CC[NH+](C)C)Cc1cc2cc(CC)ccc2[nH]c1=O. The first-order chi connectivity index (χ1) is 12.9. The zero-order chi connectivity index (χ0) is 19.8. The normalized spacial score (nSPS) is 11.1. The van der Waals surface area contributed by atoms with Gasteiger partial charge in [-0.15, -0.1) is 0 Å². The fraction of sp³-hybridized carbons (Fsp3) is 0.524. The van der Waals surface area contributed by atoms with E-state index in [-0.39, 0.29) is 5.56 Å². The van der Waals surface area contributed by atoms with Crippen LogP contribution < -0.4 is 15.8 Å². The number of fused-ring (bicyclic) bond motifs is 1. The monoisotopic (exact) mass is 389 g/mol. The highest BCUT2D eigenvalue weighted by Gasteiger charge is 2.14. The molecule has 5 nitrogen and oxygen atoms in total. The predicted octanol–water partition coefficient (Wildman–Crippen LogP) is 1.71. The van der Waals surface area contributed by atoms with Crippen LogP contribution in [0.5, 0.6) is 0 Å². The molecule has 3 N–H and O–H groups in total. The van der Waals surface area contributed by atoms with E-state index in [4.69, 9.17) is 12.2 Å². The molecule has 2 rings (SSSR count). The molecule has 2 aromatic rings. The Morgan fingerprint density at radius 1 is 1.26 bits per heavy atom. The second kappa shape index (κ2) is 10.4. The van der Waals surface area contributed by atoms with Crippen molar-refractivity contribution in [1.29, 1.82) is 0 Å². The summed E-state index contributed by atoms with van der Waals surface area (Å²) in [6.45, 7) is 7.46. The number of rotatable bonds is 9. The Kier molecular flexibility index (Phi) is 8.25. The maximum atomic E-state index is 12.6. The lowest BCUT2D eigenvalue weighted by molar-refractivity contribution is -0.857. The summed E-state index contributed by atoms with van der Waals surface area (Å²) < 4.78 is 0. The molecule has 1 aromatic carbocycles. The maximum Gasteiger partial charge on any atom is 0.253 e. The van der Waals surface area contributed by atoms with Gasteiger partial charge >= 0.3 is 0 Å². The predicted molar refractivity (Wildman–Crippen MR) is 118 cm³/mol. The number of hydrogen-bond donors (Lipinski definition) is 3. The highest BCUT2D eigenvalue weighted by molar-refractivity contribution is 7.80. The fourth-order valence-electron chi connectivity index (χ4n) is 2.94. The topological polar surface area (TPSA) is 52.6 Å². The van der Waals surface area contributed by atoms with Gasteiger partial charge in [-0.25, -0.2) is 0 Å². The third-order valence-corrected chi connectivity index (χ3v) is 5.13. The number of H-pyrrole nitrogens is 1. The summed E-state index contributed by atoms with van der Waals surface area (Å²) in [5, 5.41) is 5.14. The number of thiocarbonyl (C=S) groups is 1. The number of benzene rings is 1. The van der Waals surface area contributed by atoms with Gasteiger partial charge in [-0.2, -0.15) is 0 Å². The summed E-state index contributed by atoms with van der Waals surface area (Å²) in [5.74, 6) is 0. The zero-order valence-corrected chi connectivity index (χ0v) is 17.8. The molecule has 0 unspecified atom stereocenters. The first-order valence-corrected chi connectivity index (χ1v) is 10.3. The van der Waals surface area contributed by atoms with E-state index in [0.29, 0.717) is 6.54 Å². The number of nitrogens with one attached hydrogen (secondary N) is 3. The van der Waals surface area contributed by atoms with Crippen molar-refractivity contribution in [3.05, 3.63) is 45.7 Å². The fourth-order valence-corrected chi connectivity index (χ4v) is 3.20. The van der Waals surface area contributed by atoms with E-state index in [0.717, 1.165) is 60.5 Å². The Bertz CT molecular complexity index is 815. The van der Waals surface area contributed by atoms with Crippen LogP contribution in [0.15, 0.2) is 29.1 Å². The van der Waals surface area contributed by atoms with Gasteiger partial charge in [-0.1, -0.05) is 26.3 Å². The van der Waals surface area contributed by atoms with E-state index in [9.17, 15) is 4.79 Å². The minimum atomic E-state index is -0.0368. The molecule has 0 saturated heterocycles. The van der Waals surface area contributed by atoms with Gasteiger partial charge in [-0.05, 0) is 54.2 Å². The van der Waals surface area contributed by atoms with Gasteiger partial charge in [0.1, 0.15) is 0 Å². The van der Waals surface area contributed by atoms with Crippen LogP contribution in [-0.4, -0.2) is 48.7 Å².